The Bertz CT molecular complexity index is 399. The average molecular weight is 298 g/mol. The molecule has 1 aliphatic heterocycles. The van der Waals surface area contributed by atoms with Crippen LogP contribution in [0.4, 0.5) is 4.79 Å². The lowest BCUT2D eigenvalue weighted by Gasteiger charge is -2.40. The van der Waals surface area contributed by atoms with E-state index < -0.39 is 12.0 Å². The van der Waals surface area contributed by atoms with E-state index in [2.05, 4.69) is 26.1 Å². The topological polar surface area (TPSA) is 69.6 Å². The third kappa shape index (κ3) is 5.56. The molecule has 0 radical (unpaired) electrons. The van der Waals surface area contributed by atoms with Gasteiger partial charge in [0.15, 0.2) is 0 Å². The summed E-state index contributed by atoms with van der Waals surface area (Å²) in [6.45, 7) is 12.9. The van der Waals surface area contributed by atoms with E-state index in [0.717, 1.165) is 12.8 Å². The number of amides is 2. The number of urea groups is 1. The number of rotatable bonds is 3. The normalized spacial score (nSPS) is 23.8. The number of carboxylic acids is 1. The molecule has 2 N–H and O–H groups in total. The molecule has 0 aromatic rings. The molecule has 5 heteroatoms. The zero-order valence-electron chi connectivity index (χ0n) is 14.2. The second-order valence-electron chi connectivity index (χ2n) is 8.23. The van der Waals surface area contributed by atoms with E-state index in [4.69, 9.17) is 0 Å². The van der Waals surface area contributed by atoms with Crippen molar-refractivity contribution in [1.82, 2.24) is 10.2 Å². The van der Waals surface area contributed by atoms with E-state index in [9.17, 15) is 14.7 Å². The summed E-state index contributed by atoms with van der Waals surface area (Å²) >= 11 is 0. The largest absolute Gasteiger partial charge is 0.480 e. The number of nitrogens with zero attached hydrogens (tertiary/aromatic N) is 1. The van der Waals surface area contributed by atoms with Crippen molar-refractivity contribution in [3.05, 3.63) is 0 Å². The van der Waals surface area contributed by atoms with Crippen molar-refractivity contribution in [3.63, 3.8) is 0 Å². The zero-order chi connectivity index (χ0) is 16.4. The van der Waals surface area contributed by atoms with Gasteiger partial charge in [0.25, 0.3) is 0 Å². The van der Waals surface area contributed by atoms with E-state index in [1.165, 1.54) is 4.90 Å². The van der Waals surface area contributed by atoms with Gasteiger partial charge < -0.3 is 15.3 Å². The summed E-state index contributed by atoms with van der Waals surface area (Å²) in [7, 11) is 0. The van der Waals surface area contributed by atoms with Crippen molar-refractivity contribution in [1.29, 1.82) is 0 Å². The molecule has 1 fully saturated rings. The van der Waals surface area contributed by atoms with Crippen LogP contribution in [0.5, 0.6) is 0 Å². The molecule has 0 bridgehead atoms. The summed E-state index contributed by atoms with van der Waals surface area (Å²) < 4.78 is 0. The van der Waals surface area contributed by atoms with Gasteiger partial charge in [-0.1, -0.05) is 27.7 Å². The Morgan fingerprint density at radius 1 is 1.24 bits per heavy atom. The predicted octanol–water partition coefficient (Wildman–Crippen LogP) is 3.10. The highest BCUT2D eigenvalue weighted by molar-refractivity contribution is 5.83. The smallest absolute Gasteiger partial charge is 0.326 e. The quantitative estimate of drug-likeness (QED) is 0.841. The molecule has 122 valence electrons. The molecule has 2 atom stereocenters. The van der Waals surface area contributed by atoms with E-state index in [1.54, 1.807) is 0 Å². The first-order valence-electron chi connectivity index (χ1n) is 7.73. The molecular formula is C16H30N2O3. The SMILES string of the molecule is CC1CCN(C(=O)NC(C)(C)CC(C)(C)C)C(C(=O)O)C1. The molecule has 1 aliphatic rings. The number of likely N-dealkylation sites (tertiary alicyclic amines) is 1. The van der Waals surface area contributed by atoms with Crippen LogP contribution in [-0.2, 0) is 4.79 Å². The van der Waals surface area contributed by atoms with E-state index in [0.29, 0.717) is 18.9 Å². The Hall–Kier alpha value is -1.26. The van der Waals surface area contributed by atoms with Crippen LogP contribution >= 0.6 is 0 Å². The van der Waals surface area contributed by atoms with Gasteiger partial charge in [-0.05, 0) is 44.4 Å². The Morgan fingerprint density at radius 2 is 1.81 bits per heavy atom. The van der Waals surface area contributed by atoms with E-state index in [1.807, 2.05) is 20.8 Å². The summed E-state index contributed by atoms with van der Waals surface area (Å²) in [5.74, 6) is -0.567. The molecule has 21 heavy (non-hydrogen) atoms. The predicted molar refractivity (Wildman–Crippen MR) is 83.2 cm³/mol. The fraction of sp³-hybridized carbons (Fsp3) is 0.875. The molecule has 0 aromatic carbocycles. The van der Waals surface area contributed by atoms with Gasteiger partial charge in [-0.3, -0.25) is 0 Å². The standard InChI is InChI=1S/C16H30N2O3/c1-11-7-8-18(12(9-11)13(19)20)14(21)17-16(5,6)10-15(2,3)4/h11-12H,7-10H2,1-6H3,(H,17,21)(H,19,20). The molecule has 2 amide bonds. The first kappa shape index (κ1) is 17.8. The number of carboxylic acid groups (broad SMARTS) is 1. The monoisotopic (exact) mass is 298 g/mol. The maximum absolute atomic E-state index is 12.5. The Morgan fingerprint density at radius 3 is 2.29 bits per heavy atom. The van der Waals surface area contributed by atoms with Crippen LogP contribution in [0.1, 0.15) is 60.8 Å². The molecular weight excluding hydrogens is 268 g/mol. The number of aliphatic carboxylic acids is 1. The van der Waals surface area contributed by atoms with Gasteiger partial charge in [0.05, 0.1) is 0 Å². The van der Waals surface area contributed by atoms with Crippen LogP contribution in [0.15, 0.2) is 0 Å². The highest BCUT2D eigenvalue weighted by atomic mass is 16.4. The maximum Gasteiger partial charge on any atom is 0.326 e. The lowest BCUT2D eigenvalue weighted by Crippen LogP contribution is -2.57. The third-order valence-electron chi connectivity index (χ3n) is 3.83. The lowest BCUT2D eigenvalue weighted by atomic mass is 9.82. The summed E-state index contributed by atoms with van der Waals surface area (Å²) in [5.41, 5.74) is -0.263. The van der Waals surface area contributed by atoms with Crippen LogP contribution in [0.25, 0.3) is 0 Å². The molecule has 1 saturated heterocycles. The molecule has 0 aromatic heterocycles. The lowest BCUT2D eigenvalue weighted by molar-refractivity contribution is -0.143. The van der Waals surface area contributed by atoms with Gasteiger partial charge in [-0.2, -0.15) is 0 Å². The van der Waals surface area contributed by atoms with Crippen molar-refractivity contribution in [3.8, 4) is 0 Å². The first-order chi connectivity index (χ1) is 9.41. The minimum absolute atomic E-state index is 0.0966. The van der Waals surface area contributed by atoms with Gasteiger partial charge >= 0.3 is 12.0 Å². The number of hydrogen-bond donors (Lipinski definition) is 2. The number of hydrogen-bond acceptors (Lipinski definition) is 2. The van der Waals surface area contributed by atoms with Gasteiger partial charge in [-0.25, -0.2) is 9.59 Å². The Kier molecular flexibility index (Phi) is 5.29. The number of piperidine rings is 1. The summed E-state index contributed by atoms with van der Waals surface area (Å²) in [5, 5.41) is 12.3. The third-order valence-corrected chi connectivity index (χ3v) is 3.83. The van der Waals surface area contributed by atoms with Crippen molar-refractivity contribution < 1.29 is 14.7 Å². The minimum Gasteiger partial charge on any atom is -0.480 e. The van der Waals surface area contributed by atoms with E-state index >= 15 is 0 Å². The molecule has 0 saturated carbocycles. The number of nitrogens with one attached hydrogen (secondary N) is 1. The molecule has 5 nitrogen and oxygen atoms in total. The van der Waals surface area contributed by atoms with Crippen molar-refractivity contribution in [2.45, 2.75) is 72.4 Å². The van der Waals surface area contributed by atoms with Gasteiger partial charge in [-0.15, -0.1) is 0 Å². The van der Waals surface area contributed by atoms with Crippen LogP contribution in [0, 0.1) is 11.3 Å². The Labute approximate surface area is 128 Å². The second-order valence-corrected chi connectivity index (χ2v) is 8.23. The van der Waals surface area contributed by atoms with Gasteiger partial charge in [0.2, 0.25) is 0 Å². The summed E-state index contributed by atoms with van der Waals surface area (Å²) in [6.07, 6.45) is 2.22. The number of carbonyl (C=O) groups excluding carboxylic acids is 1. The van der Waals surface area contributed by atoms with Gasteiger partial charge in [0, 0.05) is 12.1 Å². The minimum atomic E-state index is -0.912. The molecule has 0 spiro atoms. The Balaban J connectivity index is 2.75. The van der Waals surface area contributed by atoms with E-state index in [-0.39, 0.29) is 17.0 Å². The highest BCUT2D eigenvalue weighted by Crippen LogP contribution is 2.28. The van der Waals surface area contributed by atoms with Gasteiger partial charge in [0.1, 0.15) is 6.04 Å². The fourth-order valence-electron chi connectivity index (χ4n) is 3.35. The van der Waals surface area contributed by atoms with Crippen LogP contribution < -0.4 is 5.32 Å². The van der Waals surface area contributed by atoms with Crippen LogP contribution in [-0.4, -0.2) is 40.1 Å². The number of carbonyl (C=O) groups is 2. The highest BCUT2D eigenvalue weighted by Gasteiger charge is 2.37. The fourth-order valence-corrected chi connectivity index (χ4v) is 3.35. The maximum atomic E-state index is 12.5. The molecule has 1 heterocycles. The summed E-state index contributed by atoms with van der Waals surface area (Å²) in [6, 6.07) is -0.970. The molecule has 2 unspecified atom stereocenters. The molecule has 1 rings (SSSR count). The molecule has 0 aliphatic carbocycles. The zero-order valence-corrected chi connectivity index (χ0v) is 14.2. The second kappa shape index (κ2) is 6.24. The summed E-state index contributed by atoms with van der Waals surface area (Å²) in [4.78, 5) is 25.3. The van der Waals surface area contributed by atoms with Crippen LogP contribution in [0.2, 0.25) is 0 Å². The van der Waals surface area contributed by atoms with Crippen molar-refractivity contribution >= 4 is 12.0 Å². The van der Waals surface area contributed by atoms with Crippen molar-refractivity contribution in [2.75, 3.05) is 6.54 Å². The first-order valence-corrected chi connectivity index (χ1v) is 7.73. The average Bonchev–Trinajstić information content (AvgIpc) is 2.24. The van der Waals surface area contributed by atoms with Crippen molar-refractivity contribution in [2.24, 2.45) is 11.3 Å². The van der Waals surface area contributed by atoms with Crippen LogP contribution in [0.3, 0.4) is 0 Å².